The van der Waals surface area contributed by atoms with Crippen molar-refractivity contribution in [1.82, 2.24) is 4.72 Å². The lowest BCUT2D eigenvalue weighted by Gasteiger charge is -2.16. The fourth-order valence-corrected chi connectivity index (χ4v) is 3.56. The van der Waals surface area contributed by atoms with Crippen LogP contribution in [0.5, 0.6) is 5.75 Å². The highest BCUT2D eigenvalue weighted by Crippen LogP contribution is 2.33. The molecule has 1 aromatic carbocycles. The number of aliphatic hydroxyl groups is 1. The second-order valence-electron chi connectivity index (χ2n) is 3.83. The van der Waals surface area contributed by atoms with Crippen LogP contribution in [0.3, 0.4) is 0 Å². The van der Waals surface area contributed by atoms with E-state index in [1.165, 1.54) is 19.2 Å². The molecule has 19 heavy (non-hydrogen) atoms. The molecule has 0 unspecified atom stereocenters. The lowest BCUT2D eigenvalue weighted by Crippen LogP contribution is -2.37. The Bertz CT molecular complexity index is 544. The van der Waals surface area contributed by atoms with Gasteiger partial charge in [-0.2, -0.15) is 0 Å². The summed E-state index contributed by atoms with van der Waals surface area (Å²) < 4.78 is 31.6. The van der Waals surface area contributed by atoms with Gasteiger partial charge in [-0.3, -0.25) is 0 Å². The van der Waals surface area contributed by atoms with Crippen molar-refractivity contribution >= 4 is 33.2 Å². The van der Waals surface area contributed by atoms with Crippen molar-refractivity contribution in [1.29, 1.82) is 0 Å². The fraction of sp³-hybridized carbons (Fsp3) is 0.455. The molecule has 0 saturated heterocycles. The van der Waals surface area contributed by atoms with Crippen LogP contribution < -0.4 is 9.46 Å². The predicted molar refractivity (Wildman–Crippen MR) is 74.5 cm³/mol. The van der Waals surface area contributed by atoms with Gasteiger partial charge in [-0.05, 0) is 12.5 Å². The first-order chi connectivity index (χ1) is 8.85. The summed E-state index contributed by atoms with van der Waals surface area (Å²) in [4.78, 5) is -0.146. The van der Waals surface area contributed by atoms with Gasteiger partial charge in [0.15, 0.2) is 0 Å². The summed E-state index contributed by atoms with van der Waals surface area (Å²) in [6.45, 7) is 1.46. The zero-order chi connectivity index (χ0) is 14.6. The maximum absolute atomic E-state index is 12.1. The summed E-state index contributed by atoms with van der Waals surface area (Å²) >= 11 is 11.8. The SMILES string of the molecule is CC[C@H](CO)NS(=O)(=O)c1cc(Cl)c(OC)cc1Cl. The van der Waals surface area contributed by atoms with Crippen LogP contribution >= 0.6 is 23.2 Å². The predicted octanol–water partition coefficient (Wildman–Crippen LogP) is 2.05. The summed E-state index contributed by atoms with van der Waals surface area (Å²) in [5, 5.41) is 9.18. The number of halogens is 2. The number of hydrogen-bond acceptors (Lipinski definition) is 4. The maximum Gasteiger partial charge on any atom is 0.242 e. The molecule has 0 radical (unpaired) electrons. The molecule has 0 aliphatic carbocycles. The zero-order valence-electron chi connectivity index (χ0n) is 10.5. The molecule has 1 rings (SSSR count). The van der Waals surface area contributed by atoms with E-state index in [1.807, 2.05) is 0 Å². The van der Waals surface area contributed by atoms with E-state index >= 15 is 0 Å². The normalized spacial score (nSPS) is 13.3. The third-order valence-corrected chi connectivity index (χ3v) is 4.81. The van der Waals surface area contributed by atoms with Crippen LogP contribution in [0.15, 0.2) is 17.0 Å². The molecule has 1 aromatic rings. The molecule has 2 N–H and O–H groups in total. The number of ether oxygens (including phenoxy) is 1. The molecule has 1 atom stereocenters. The van der Waals surface area contributed by atoms with Gasteiger partial charge in [0.25, 0.3) is 0 Å². The molecule has 5 nitrogen and oxygen atoms in total. The Balaban J connectivity index is 3.18. The van der Waals surface area contributed by atoms with Crippen LogP contribution in [-0.2, 0) is 10.0 Å². The molecule has 0 fully saturated rings. The van der Waals surface area contributed by atoms with Crippen molar-refractivity contribution in [3.05, 3.63) is 22.2 Å². The van der Waals surface area contributed by atoms with E-state index in [0.29, 0.717) is 12.2 Å². The lowest BCUT2D eigenvalue weighted by molar-refractivity contribution is 0.254. The van der Waals surface area contributed by atoms with E-state index in [1.54, 1.807) is 6.92 Å². The molecule has 0 saturated carbocycles. The van der Waals surface area contributed by atoms with Crippen molar-refractivity contribution in [3.63, 3.8) is 0 Å². The molecule has 0 bridgehead atoms. The fourth-order valence-electron chi connectivity index (χ4n) is 1.41. The highest BCUT2D eigenvalue weighted by molar-refractivity contribution is 7.89. The van der Waals surface area contributed by atoms with Crippen LogP contribution in [0, 0.1) is 0 Å². The average molecular weight is 328 g/mol. The number of aliphatic hydroxyl groups excluding tert-OH is 1. The number of rotatable bonds is 6. The van der Waals surface area contributed by atoms with E-state index in [4.69, 9.17) is 33.0 Å². The number of sulfonamides is 1. The first kappa shape index (κ1) is 16.5. The molecule has 0 spiro atoms. The van der Waals surface area contributed by atoms with Gasteiger partial charge in [-0.15, -0.1) is 0 Å². The third-order valence-electron chi connectivity index (χ3n) is 2.53. The van der Waals surface area contributed by atoms with Gasteiger partial charge in [-0.1, -0.05) is 30.1 Å². The summed E-state index contributed by atoms with van der Waals surface area (Å²) in [6.07, 6.45) is 0.456. The first-order valence-corrected chi connectivity index (χ1v) is 7.75. The quantitative estimate of drug-likeness (QED) is 0.838. The van der Waals surface area contributed by atoms with Gasteiger partial charge in [-0.25, -0.2) is 13.1 Å². The molecule has 0 aromatic heterocycles. The van der Waals surface area contributed by atoms with Gasteiger partial charge >= 0.3 is 0 Å². The number of benzene rings is 1. The summed E-state index contributed by atoms with van der Waals surface area (Å²) in [6, 6.07) is 1.98. The van der Waals surface area contributed by atoms with Crippen molar-refractivity contribution < 1.29 is 18.3 Å². The van der Waals surface area contributed by atoms with Gasteiger partial charge in [0, 0.05) is 12.1 Å². The molecule has 0 heterocycles. The molecule has 0 aliphatic rings. The lowest BCUT2D eigenvalue weighted by atomic mass is 10.3. The molecular weight excluding hydrogens is 313 g/mol. The Labute approximate surface area is 122 Å². The summed E-state index contributed by atoms with van der Waals surface area (Å²) in [5.41, 5.74) is 0. The van der Waals surface area contributed by atoms with Gasteiger partial charge in [0.2, 0.25) is 10.0 Å². The Morgan fingerprint density at radius 3 is 2.47 bits per heavy atom. The summed E-state index contributed by atoms with van der Waals surface area (Å²) in [7, 11) is -2.44. The minimum Gasteiger partial charge on any atom is -0.495 e. The Morgan fingerprint density at radius 1 is 1.37 bits per heavy atom. The van der Waals surface area contributed by atoms with Gasteiger partial charge < -0.3 is 9.84 Å². The van der Waals surface area contributed by atoms with E-state index in [2.05, 4.69) is 4.72 Å². The van der Waals surface area contributed by atoms with Crippen LogP contribution in [0.2, 0.25) is 10.0 Å². The highest BCUT2D eigenvalue weighted by atomic mass is 35.5. The molecule has 0 amide bonds. The van der Waals surface area contributed by atoms with E-state index in [9.17, 15) is 8.42 Å². The topological polar surface area (TPSA) is 75.6 Å². The first-order valence-electron chi connectivity index (χ1n) is 5.52. The average Bonchev–Trinajstić information content (AvgIpc) is 2.37. The van der Waals surface area contributed by atoms with E-state index in [0.717, 1.165) is 0 Å². The standard InChI is InChI=1S/C11H15Cl2NO4S/c1-3-7(6-15)14-19(16,17)11-5-8(12)10(18-2)4-9(11)13/h4-5,7,14-15H,3,6H2,1-2H3/t7-/m1/s1. The van der Waals surface area contributed by atoms with Crippen LogP contribution in [-0.4, -0.2) is 33.3 Å². The molecule has 0 aliphatic heterocycles. The molecular formula is C11H15Cl2NO4S. The highest BCUT2D eigenvalue weighted by Gasteiger charge is 2.23. The minimum absolute atomic E-state index is 0.00143. The van der Waals surface area contributed by atoms with Crippen LogP contribution in [0.1, 0.15) is 13.3 Å². The minimum atomic E-state index is -3.84. The van der Waals surface area contributed by atoms with Crippen LogP contribution in [0.25, 0.3) is 0 Å². The number of nitrogens with one attached hydrogen (secondary N) is 1. The van der Waals surface area contributed by atoms with E-state index in [-0.39, 0.29) is 21.5 Å². The van der Waals surface area contributed by atoms with Crippen molar-refractivity contribution in [2.75, 3.05) is 13.7 Å². The van der Waals surface area contributed by atoms with Gasteiger partial charge in [0.05, 0.1) is 23.8 Å². The van der Waals surface area contributed by atoms with Crippen molar-refractivity contribution in [2.24, 2.45) is 0 Å². The van der Waals surface area contributed by atoms with Crippen molar-refractivity contribution in [3.8, 4) is 5.75 Å². The Kier molecular flexibility index (Phi) is 5.88. The molecule has 8 heteroatoms. The van der Waals surface area contributed by atoms with Crippen LogP contribution in [0.4, 0.5) is 0 Å². The van der Waals surface area contributed by atoms with E-state index < -0.39 is 16.1 Å². The Hall–Kier alpha value is -0.530. The number of hydrogen-bond donors (Lipinski definition) is 2. The van der Waals surface area contributed by atoms with Gasteiger partial charge in [0.1, 0.15) is 10.6 Å². The third kappa shape index (κ3) is 3.97. The second-order valence-corrected chi connectivity index (χ2v) is 6.32. The second kappa shape index (κ2) is 6.76. The largest absolute Gasteiger partial charge is 0.495 e. The van der Waals surface area contributed by atoms with Crippen molar-refractivity contribution in [2.45, 2.75) is 24.3 Å². The smallest absolute Gasteiger partial charge is 0.242 e. The zero-order valence-corrected chi connectivity index (χ0v) is 12.8. The Morgan fingerprint density at radius 2 is 2.00 bits per heavy atom. The number of methoxy groups -OCH3 is 1. The summed E-state index contributed by atoms with van der Waals surface area (Å²) in [5.74, 6) is 0.291. The molecule has 108 valence electrons. The maximum atomic E-state index is 12.1. The monoisotopic (exact) mass is 327 g/mol.